The summed E-state index contributed by atoms with van der Waals surface area (Å²) in [5, 5.41) is 21.2. The minimum Gasteiger partial charge on any atom is -0.471 e. The second kappa shape index (κ2) is 12.9. The zero-order valence-electron chi connectivity index (χ0n) is 27.3. The fraction of sp³-hybridized carbons (Fsp3) is 0.378. The van der Waals surface area contributed by atoms with E-state index in [4.69, 9.17) is 9.72 Å². The number of amides is 1. The average Bonchev–Trinajstić information content (AvgIpc) is 3.74. The standard InChI is InChI=1S/C37H37F2N7O2/c1-22-20-28-34(33(39)31(22)27-11-5-9-24-8-4-10-25(21-40)32(24)27)41-37(48-23(2)29-12-7-17-44(29)3)35-36(28)46(43-42-35)26-14-18-45(19-15-26)30(47)13-6-16-38/h4-6,8-11,13,20,23,26,29H,7,12,14-19H2,1-3H3/b13-6+/t23-,29?/m0/s1. The van der Waals surface area contributed by atoms with Crippen LogP contribution < -0.4 is 4.74 Å². The number of carbonyl (C=O) groups is 1. The summed E-state index contributed by atoms with van der Waals surface area (Å²) < 4.78 is 38.2. The molecule has 2 fully saturated rings. The van der Waals surface area contributed by atoms with Gasteiger partial charge in [0.1, 0.15) is 23.8 Å². The Labute approximate surface area is 277 Å². The van der Waals surface area contributed by atoms with Crippen molar-refractivity contribution in [2.75, 3.05) is 33.4 Å². The third kappa shape index (κ3) is 5.44. The molecule has 1 amide bonds. The van der Waals surface area contributed by atoms with E-state index in [1.54, 1.807) is 11.0 Å². The van der Waals surface area contributed by atoms with Crippen LogP contribution in [-0.4, -0.2) is 81.2 Å². The Hall–Kier alpha value is -4.95. The summed E-state index contributed by atoms with van der Waals surface area (Å²) in [6.45, 7) is 5.11. The lowest BCUT2D eigenvalue weighted by Crippen LogP contribution is -2.38. The number of benzene rings is 3. The smallest absolute Gasteiger partial charge is 0.246 e. The molecule has 246 valence electrons. The number of fused-ring (bicyclic) bond motifs is 4. The number of nitriles is 1. The van der Waals surface area contributed by atoms with Gasteiger partial charge in [0.15, 0.2) is 11.3 Å². The third-order valence-electron chi connectivity index (χ3n) is 9.99. The number of carbonyl (C=O) groups excluding carboxylic acids is 1. The van der Waals surface area contributed by atoms with E-state index in [2.05, 4.69) is 28.3 Å². The van der Waals surface area contributed by atoms with E-state index in [-0.39, 0.29) is 35.5 Å². The van der Waals surface area contributed by atoms with Gasteiger partial charge in [0.2, 0.25) is 11.8 Å². The summed E-state index contributed by atoms with van der Waals surface area (Å²) in [6, 6.07) is 15.4. The number of likely N-dealkylation sites (tertiary alicyclic amines) is 2. The first kappa shape index (κ1) is 31.6. The van der Waals surface area contributed by atoms with Crippen molar-refractivity contribution in [3.05, 3.63) is 71.6 Å². The highest BCUT2D eigenvalue weighted by molar-refractivity contribution is 6.08. The van der Waals surface area contributed by atoms with Crippen molar-refractivity contribution in [2.24, 2.45) is 0 Å². The fourth-order valence-electron chi connectivity index (χ4n) is 7.58. The molecule has 3 aromatic carbocycles. The Morgan fingerprint density at radius 2 is 1.92 bits per heavy atom. The molecule has 7 rings (SSSR count). The molecule has 4 heterocycles. The molecule has 2 atom stereocenters. The molecule has 0 bridgehead atoms. The maximum absolute atomic E-state index is 17.2. The number of hydrogen-bond donors (Lipinski definition) is 0. The number of rotatable bonds is 7. The summed E-state index contributed by atoms with van der Waals surface area (Å²) in [5.74, 6) is -0.496. The number of hydrogen-bond acceptors (Lipinski definition) is 7. The molecule has 0 N–H and O–H groups in total. The van der Waals surface area contributed by atoms with Crippen LogP contribution in [0.25, 0.3) is 43.8 Å². The zero-order chi connectivity index (χ0) is 33.5. The minimum atomic E-state index is -0.689. The molecule has 9 nitrogen and oxygen atoms in total. The van der Waals surface area contributed by atoms with Gasteiger partial charge in [-0.25, -0.2) is 18.4 Å². The van der Waals surface area contributed by atoms with E-state index >= 15 is 4.39 Å². The zero-order valence-corrected chi connectivity index (χ0v) is 27.3. The third-order valence-corrected chi connectivity index (χ3v) is 9.99. The van der Waals surface area contributed by atoms with Crippen molar-refractivity contribution in [3.8, 4) is 23.1 Å². The highest BCUT2D eigenvalue weighted by Gasteiger charge is 2.32. The Kier molecular flexibility index (Phi) is 8.52. The highest BCUT2D eigenvalue weighted by Crippen LogP contribution is 2.41. The Morgan fingerprint density at radius 1 is 1.15 bits per heavy atom. The van der Waals surface area contributed by atoms with Crippen molar-refractivity contribution in [1.29, 1.82) is 5.26 Å². The number of pyridine rings is 1. The number of allylic oxidation sites excluding steroid dienone is 1. The van der Waals surface area contributed by atoms with Gasteiger partial charge in [-0.15, -0.1) is 5.10 Å². The van der Waals surface area contributed by atoms with Crippen LogP contribution in [0.5, 0.6) is 5.88 Å². The van der Waals surface area contributed by atoms with Crippen LogP contribution >= 0.6 is 0 Å². The first-order valence-corrected chi connectivity index (χ1v) is 16.5. The molecule has 11 heteroatoms. The van der Waals surface area contributed by atoms with E-state index in [0.29, 0.717) is 70.0 Å². The molecule has 0 saturated carbocycles. The van der Waals surface area contributed by atoms with E-state index in [1.165, 1.54) is 12.2 Å². The van der Waals surface area contributed by atoms with E-state index in [9.17, 15) is 14.4 Å². The van der Waals surface area contributed by atoms with Gasteiger partial charge in [0.25, 0.3) is 0 Å². The summed E-state index contributed by atoms with van der Waals surface area (Å²) >= 11 is 0. The van der Waals surface area contributed by atoms with E-state index in [1.807, 2.05) is 54.9 Å². The summed E-state index contributed by atoms with van der Waals surface area (Å²) in [7, 11) is 2.08. The lowest BCUT2D eigenvalue weighted by molar-refractivity contribution is -0.127. The lowest BCUT2D eigenvalue weighted by atomic mass is 9.91. The Balaban J connectivity index is 1.39. The molecule has 2 aromatic heterocycles. The van der Waals surface area contributed by atoms with Gasteiger partial charge in [0, 0.05) is 41.5 Å². The van der Waals surface area contributed by atoms with Crippen molar-refractivity contribution >= 4 is 38.6 Å². The van der Waals surface area contributed by atoms with Crippen molar-refractivity contribution in [1.82, 2.24) is 29.8 Å². The SMILES string of the molecule is Cc1cc2c(nc(O[C@@H](C)C3CCCN3C)c3nnn(C4CCN(C(=O)/C=C/CF)CC4)c32)c(F)c1-c1cccc2cccc(C#N)c12. The van der Waals surface area contributed by atoms with Gasteiger partial charge in [-0.2, -0.15) is 5.26 Å². The number of aromatic nitrogens is 4. The molecule has 0 radical (unpaired) electrons. The molecule has 0 spiro atoms. The van der Waals surface area contributed by atoms with Crippen LogP contribution in [-0.2, 0) is 4.79 Å². The fourth-order valence-corrected chi connectivity index (χ4v) is 7.58. The predicted octanol–water partition coefficient (Wildman–Crippen LogP) is 6.67. The largest absolute Gasteiger partial charge is 0.471 e. The number of halogens is 2. The summed E-state index contributed by atoms with van der Waals surface area (Å²) in [5.41, 5.74) is 3.39. The Morgan fingerprint density at radius 3 is 2.62 bits per heavy atom. The van der Waals surface area contributed by atoms with Gasteiger partial charge in [0.05, 0.1) is 17.7 Å². The normalized spacial score (nSPS) is 18.3. The van der Waals surface area contributed by atoms with Gasteiger partial charge in [-0.3, -0.25) is 9.69 Å². The average molecular weight is 650 g/mol. The molecule has 2 aliphatic rings. The van der Waals surface area contributed by atoms with Crippen LogP contribution in [0.2, 0.25) is 0 Å². The molecule has 48 heavy (non-hydrogen) atoms. The molecular weight excluding hydrogens is 612 g/mol. The van der Waals surface area contributed by atoms with Gasteiger partial charge < -0.3 is 9.64 Å². The summed E-state index contributed by atoms with van der Waals surface area (Å²) in [4.78, 5) is 21.3. The number of aryl methyl sites for hydroxylation is 1. The maximum Gasteiger partial charge on any atom is 0.246 e. The summed E-state index contributed by atoms with van der Waals surface area (Å²) in [6.07, 6.45) is 5.52. The van der Waals surface area contributed by atoms with Crippen LogP contribution in [0.15, 0.2) is 54.6 Å². The van der Waals surface area contributed by atoms with Crippen LogP contribution in [0.3, 0.4) is 0 Å². The monoisotopic (exact) mass is 649 g/mol. The van der Waals surface area contributed by atoms with Crippen molar-refractivity contribution < 1.29 is 18.3 Å². The molecule has 2 saturated heterocycles. The van der Waals surface area contributed by atoms with Crippen LogP contribution in [0.4, 0.5) is 8.78 Å². The second-order valence-electron chi connectivity index (χ2n) is 12.9. The van der Waals surface area contributed by atoms with Gasteiger partial charge >= 0.3 is 0 Å². The number of alkyl halides is 1. The molecule has 2 aliphatic heterocycles. The molecule has 1 unspecified atom stereocenters. The van der Waals surface area contributed by atoms with E-state index < -0.39 is 12.5 Å². The number of likely N-dealkylation sites (N-methyl/N-ethyl adjacent to an activating group) is 1. The van der Waals surface area contributed by atoms with Crippen molar-refractivity contribution in [2.45, 2.75) is 57.7 Å². The first-order valence-electron chi connectivity index (χ1n) is 16.5. The Bertz CT molecular complexity index is 2110. The number of ether oxygens (including phenoxy) is 1. The van der Waals surface area contributed by atoms with Crippen molar-refractivity contribution in [3.63, 3.8) is 0 Å². The van der Waals surface area contributed by atoms with Gasteiger partial charge in [-0.1, -0.05) is 35.5 Å². The molecule has 5 aromatic rings. The molecule has 0 aliphatic carbocycles. The van der Waals surface area contributed by atoms with Crippen LogP contribution in [0.1, 0.15) is 49.8 Å². The maximum atomic E-state index is 17.2. The quantitative estimate of drug-likeness (QED) is 0.182. The van der Waals surface area contributed by atoms with Gasteiger partial charge in [-0.05, 0) is 87.8 Å². The number of piperidine rings is 1. The minimum absolute atomic E-state index is 0.111. The topological polar surface area (TPSA) is 100 Å². The first-order chi connectivity index (χ1) is 23.3. The molecular formula is C37H37F2N7O2. The number of nitrogens with zero attached hydrogens (tertiary/aromatic N) is 7. The predicted molar refractivity (Wildman–Crippen MR) is 181 cm³/mol. The lowest BCUT2D eigenvalue weighted by Gasteiger charge is -2.31. The van der Waals surface area contributed by atoms with Crippen LogP contribution in [0, 0.1) is 24.1 Å². The second-order valence-corrected chi connectivity index (χ2v) is 12.9. The highest BCUT2D eigenvalue weighted by atomic mass is 19.1. The van der Waals surface area contributed by atoms with E-state index in [0.717, 1.165) is 24.8 Å².